The second-order valence-corrected chi connectivity index (χ2v) is 9.47. The molecule has 3 aromatic carbocycles. The van der Waals surface area contributed by atoms with Gasteiger partial charge >= 0.3 is 5.97 Å². The summed E-state index contributed by atoms with van der Waals surface area (Å²) in [5.74, 6) is -0.486. The number of nitrogens with one attached hydrogen (secondary N) is 1. The molecule has 0 aromatic heterocycles. The van der Waals surface area contributed by atoms with Crippen molar-refractivity contribution in [2.45, 2.75) is 18.7 Å². The normalized spacial score (nSPS) is 10.9. The van der Waals surface area contributed by atoms with Gasteiger partial charge in [-0.1, -0.05) is 24.3 Å². The Morgan fingerprint density at radius 2 is 1.61 bits per heavy atom. The van der Waals surface area contributed by atoms with Crippen molar-refractivity contribution in [3.63, 3.8) is 0 Å². The Morgan fingerprint density at radius 1 is 0.917 bits per heavy atom. The lowest BCUT2D eigenvalue weighted by Crippen LogP contribution is -2.38. The van der Waals surface area contributed by atoms with Crippen molar-refractivity contribution in [1.82, 2.24) is 0 Å². The number of carbonyl (C=O) groups excluding carboxylic acids is 2. The van der Waals surface area contributed by atoms with E-state index in [2.05, 4.69) is 5.32 Å². The maximum absolute atomic E-state index is 13.7. The summed E-state index contributed by atoms with van der Waals surface area (Å²) in [6, 6.07) is 17.3. The van der Waals surface area contributed by atoms with Gasteiger partial charge in [-0.05, 0) is 55.8 Å². The molecular formula is C26H28N2O7S. The van der Waals surface area contributed by atoms with Gasteiger partial charge in [0.2, 0.25) is 5.91 Å². The van der Waals surface area contributed by atoms with Crippen molar-refractivity contribution >= 4 is 33.3 Å². The highest BCUT2D eigenvalue weighted by Crippen LogP contribution is 2.32. The van der Waals surface area contributed by atoms with Crippen LogP contribution in [0.15, 0.2) is 71.6 Å². The van der Waals surface area contributed by atoms with E-state index in [-0.39, 0.29) is 17.3 Å². The van der Waals surface area contributed by atoms with Crippen molar-refractivity contribution < 1.29 is 32.2 Å². The Morgan fingerprint density at radius 3 is 2.25 bits per heavy atom. The van der Waals surface area contributed by atoms with E-state index in [1.165, 1.54) is 32.4 Å². The monoisotopic (exact) mass is 512 g/mol. The van der Waals surface area contributed by atoms with Gasteiger partial charge < -0.3 is 19.5 Å². The largest absolute Gasteiger partial charge is 0.493 e. The third-order valence-electron chi connectivity index (χ3n) is 5.38. The highest BCUT2D eigenvalue weighted by atomic mass is 32.2. The first kappa shape index (κ1) is 26.6. The van der Waals surface area contributed by atoms with Crippen LogP contribution in [-0.4, -0.2) is 47.7 Å². The predicted molar refractivity (Wildman–Crippen MR) is 136 cm³/mol. The fourth-order valence-electron chi connectivity index (χ4n) is 3.53. The molecule has 0 aliphatic heterocycles. The van der Waals surface area contributed by atoms with Crippen LogP contribution in [0.4, 0.5) is 11.4 Å². The standard InChI is InChI=1S/C26H28N2O7S/c1-5-35-26(30)21-12-9-13-22(18(21)2)27-25(29)17-28(19-10-7-6-8-11-19)36(31,32)20-14-15-23(33-3)24(16-20)34-4/h6-16H,5,17H2,1-4H3,(H,27,29). The molecule has 0 saturated heterocycles. The zero-order valence-corrected chi connectivity index (χ0v) is 21.3. The zero-order chi connectivity index (χ0) is 26.3. The number of hydrogen-bond donors (Lipinski definition) is 1. The molecule has 36 heavy (non-hydrogen) atoms. The van der Waals surface area contributed by atoms with E-state index >= 15 is 0 Å². The number of rotatable bonds is 10. The molecule has 3 aromatic rings. The van der Waals surface area contributed by atoms with Crippen molar-refractivity contribution in [2.24, 2.45) is 0 Å². The number of ether oxygens (including phenoxy) is 3. The van der Waals surface area contributed by atoms with E-state index in [0.29, 0.717) is 28.3 Å². The predicted octanol–water partition coefficient (Wildman–Crippen LogP) is 4.02. The van der Waals surface area contributed by atoms with Crippen molar-refractivity contribution in [3.8, 4) is 11.5 Å². The molecule has 0 saturated carbocycles. The first-order valence-corrected chi connectivity index (χ1v) is 12.5. The molecule has 0 bridgehead atoms. The molecule has 0 aliphatic carbocycles. The second-order valence-electron chi connectivity index (χ2n) is 7.61. The maximum Gasteiger partial charge on any atom is 0.338 e. The van der Waals surface area contributed by atoms with E-state index in [1.54, 1.807) is 62.4 Å². The molecule has 3 rings (SSSR count). The molecule has 0 aliphatic rings. The zero-order valence-electron chi connectivity index (χ0n) is 20.5. The Kier molecular flexibility index (Phi) is 8.55. The SMILES string of the molecule is CCOC(=O)c1cccc(NC(=O)CN(c2ccccc2)S(=O)(=O)c2ccc(OC)c(OC)c2)c1C. The average Bonchev–Trinajstić information content (AvgIpc) is 2.88. The first-order chi connectivity index (χ1) is 17.2. The van der Waals surface area contributed by atoms with Gasteiger partial charge in [0.1, 0.15) is 6.54 Å². The molecule has 0 spiro atoms. The van der Waals surface area contributed by atoms with Gasteiger partial charge in [0.25, 0.3) is 10.0 Å². The summed E-state index contributed by atoms with van der Waals surface area (Å²) in [5.41, 5.74) is 1.51. The molecule has 1 N–H and O–H groups in total. The molecular weight excluding hydrogens is 484 g/mol. The molecule has 0 atom stereocenters. The number of benzene rings is 3. The number of carbonyl (C=O) groups is 2. The lowest BCUT2D eigenvalue weighted by atomic mass is 10.1. The van der Waals surface area contributed by atoms with Gasteiger partial charge in [0, 0.05) is 11.8 Å². The first-order valence-electron chi connectivity index (χ1n) is 11.1. The number of anilines is 2. The molecule has 0 heterocycles. The molecule has 10 heteroatoms. The topological polar surface area (TPSA) is 111 Å². The minimum absolute atomic E-state index is 0.0720. The van der Waals surface area contributed by atoms with Crippen LogP contribution in [0, 0.1) is 6.92 Å². The Labute approximate surface area is 210 Å². The number of para-hydroxylation sites is 1. The van der Waals surface area contributed by atoms with Gasteiger partial charge in [-0.2, -0.15) is 0 Å². The summed E-state index contributed by atoms with van der Waals surface area (Å²) in [6.07, 6.45) is 0. The minimum Gasteiger partial charge on any atom is -0.493 e. The van der Waals surface area contributed by atoms with Gasteiger partial charge in [0.05, 0.1) is 37.0 Å². The second kappa shape index (κ2) is 11.6. The Hall–Kier alpha value is -4.05. The number of methoxy groups -OCH3 is 2. The summed E-state index contributed by atoms with van der Waals surface area (Å²) in [5, 5.41) is 2.71. The van der Waals surface area contributed by atoms with Crippen LogP contribution in [0.25, 0.3) is 0 Å². The van der Waals surface area contributed by atoms with Crippen LogP contribution >= 0.6 is 0 Å². The number of amides is 1. The van der Waals surface area contributed by atoms with Crippen LogP contribution in [0.2, 0.25) is 0 Å². The van der Waals surface area contributed by atoms with Gasteiger partial charge in [0.15, 0.2) is 11.5 Å². The summed E-state index contributed by atoms with van der Waals surface area (Å²) in [6.45, 7) is 3.09. The van der Waals surface area contributed by atoms with Crippen molar-refractivity contribution in [1.29, 1.82) is 0 Å². The summed E-state index contributed by atoms with van der Waals surface area (Å²) in [7, 11) is -1.32. The molecule has 9 nitrogen and oxygen atoms in total. The summed E-state index contributed by atoms with van der Waals surface area (Å²) < 4.78 is 43.8. The smallest absolute Gasteiger partial charge is 0.338 e. The molecule has 0 unspecified atom stereocenters. The third-order valence-corrected chi connectivity index (χ3v) is 7.15. The lowest BCUT2D eigenvalue weighted by Gasteiger charge is -2.24. The fraction of sp³-hybridized carbons (Fsp3) is 0.231. The highest BCUT2D eigenvalue weighted by molar-refractivity contribution is 7.92. The average molecular weight is 513 g/mol. The van der Waals surface area contributed by atoms with E-state index in [4.69, 9.17) is 14.2 Å². The van der Waals surface area contributed by atoms with Crippen LogP contribution < -0.4 is 19.1 Å². The van der Waals surface area contributed by atoms with E-state index in [0.717, 1.165) is 4.31 Å². The van der Waals surface area contributed by atoms with Gasteiger partial charge in [-0.3, -0.25) is 9.10 Å². The van der Waals surface area contributed by atoms with E-state index in [1.807, 2.05) is 0 Å². The maximum atomic E-state index is 13.7. The number of hydrogen-bond acceptors (Lipinski definition) is 7. The number of sulfonamides is 1. The Bertz CT molecular complexity index is 1340. The molecule has 0 fully saturated rings. The van der Waals surface area contributed by atoms with E-state index < -0.39 is 28.4 Å². The van der Waals surface area contributed by atoms with Crippen LogP contribution in [-0.2, 0) is 19.6 Å². The number of esters is 1. The number of nitrogens with zero attached hydrogens (tertiary/aromatic N) is 1. The minimum atomic E-state index is -4.18. The van der Waals surface area contributed by atoms with Crippen molar-refractivity contribution in [2.75, 3.05) is 37.0 Å². The van der Waals surface area contributed by atoms with Crippen LogP contribution in [0.3, 0.4) is 0 Å². The van der Waals surface area contributed by atoms with Gasteiger partial charge in [-0.15, -0.1) is 0 Å². The van der Waals surface area contributed by atoms with Crippen LogP contribution in [0.1, 0.15) is 22.8 Å². The lowest BCUT2D eigenvalue weighted by molar-refractivity contribution is -0.114. The van der Waals surface area contributed by atoms with Crippen LogP contribution in [0.5, 0.6) is 11.5 Å². The highest BCUT2D eigenvalue weighted by Gasteiger charge is 2.28. The van der Waals surface area contributed by atoms with Crippen molar-refractivity contribution in [3.05, 3.63) is 77.9 Å². The molecule has 1 amide bonds. The quantitative estimate of drug-likeness (QED) is 0.409. The molecule has 0 radical (unpaired) electrons. The van der Waals surface area contributed by atoms with E-state index in [9.17, 15) is 18.0 Å². The van der Waals surface area contributed by atoms with Gasteiger partial charge in [-0.25, -0.2) is 13.2 Å². The third kappa shape index (κ3) is 5.77. The summed E-state index contributed by atoms with van der Waals surface area (Å²) >= 11 is 0. The Balaban J connectivity index is 1.95. The summed E-state index contributed by atoms with van der Waals surface area (Å²) in [4.78, 5) is 25.2. The fourth-order valence-corrected chi connectivity index (χ4v) is 4.97. The molecule has 190 valence electrons.